The van der Waals surface area contributed by atoms with E-state index in [4.69, 9.17) is 4.74 Å². The van der Waals surface area contributed by atoms with Crippen LogP contribution in [-0.4, -0.2) is 44.2 Å². The molecule has 2 aromatic rings. The number of fused-ring (bicyclic) bond motifs is 1. The van der Waals surface area contributed by atoms with Crippen LogP contribution in [0.25, 0.3) is 11.0 Å². The van der Waals surface area contributed by atoms with Gasteiger partial charge >= 0.3 is 12.1 Å². The number of hydrogen-bond donors (Lipinski definition) is 2. The molecule has 1 aliphatic heterocycles. The summed E-state index contributed by atoms with van der Waals surface area (Å²) in [5.74, 6) is -0.516. The number of carbonyl (C=O) groups excluding carboxylic acids is 1. The number of amides is 1. The summed E-state index contributed by atoms with van der Waals surface area (Å²) in [6.07, 6.45) is 4.18. The molecule has 1 atom stereocenters. The molecule has 0 fully saturated rings. The van der Waals surface area contributed by atoms with Crippen LogP contribution in [0.4, 0.5) is 4.79 Å². The van der Waals surface area contributed by atoms with Crippen LogP contribution in [0, 0.1) is 0 Å². The second-order valence-electron chi connectivity index (χ2n) is 6.96. The van der Waals surface area contributed by atoms with Crippen molar-refractivity contribution in [2.45, 2.75) is 38.8 Å². The molecule has 7 heteroatoms. The summed E-state index contributed by atoms with van der Waals surface area (Å²) in [5.41, 5.74) is 0.544. The first kappa shape index (κ1) is 17.0. The molecule has 0 unspecified atom stereocenters. The van der Waals surface area contributed by atoms with Crippen molar-refractivity contribution < 1.29 is 19.4 Å². The third-order valence-electron chi connectivity index (χ3n) is 3.86. The number of carbonyl (C=O) groups is 2. The number of hydrogen-bond acceptors (Lipinski definition) is 4. The number of aromatic nitrogens is 2. The van der Waals surface area contributed by atoms with Crippen LogP contribution in [0.2, 0.25) is 0 Å². The van der Waals surface area contributed by atoms with Crippen molar-refractivity contribution in [1.29, 1.82) is 0 Å². The van der Waals surface area contributed by atoms with Gasteiger partial charge in [0.05, 0.1) is 11.1 Å². The minimum Gasteiger partial charge on any atom is -0.478 e. The van der Waals surface area contributed by atoms with E-state index < -0.39 is 23.7 Å². The SMILES string of the molecule is CC(C)(C)OC(=O)N1CCC=C[C@H]1c1nc2c(C(=O)O)cccc2[nH]1. The molecule has 0 saturated carbocycles. The average molecular weight is 343 g/mol. The van der Waals surface area contributed by atoms with E-state index in [-0.39, 0.29) is 5.56 Å². The monoisotopic (exact) mass is 343 g/mol. The molecule has 0 saturated heterocycles. The number of aromatic amines is 1. The summed E-state index contributed by atoms with van der Waals surface area (Å²) in [6, 6.07) is 4.52. The van der Waals surface area contributed by atoms with Gasteiger partial charge < -0.3 is 14.8 Å². The average Bonchev–Trinajstić information content (AvgIpc) is 2.96. The number of para-hydroxylation sites is 1. The maximum absolute atomic E-state index is 12.5. The Kier molecular flexibility index (Phi) is 4.24. The zero-order chi connectivity index (χ0) is 18.2. The summed E-state index contributed by atoms with van der Waals surface area (Å²) < 4.78 is 5.48. The third-order valence-corrected chi connectivity index (χ3v) is 3.86. The molecule has 7 nitrogen and oxygen atoms in total. The fraction of sp³-hybridized carbons (Fsp3) is 0.389. The first-order valence-corrected chi connectivity index (χ1v) is 8.14. The standard InChI is InChI=1S/C18H21N3O4/c1-18(2,3)25-17(24)21-10-5-4-9-13(21)15-19-12-8-6-7-11(16(22)23)14(12)20-15/h4,6-9,13H,5,10H2,1-3H3,(H,19,20)(H,22,23)/t13-/m0/s1. The lowest BCUT2D eigenvalue weighted by molar-refractivity contribution is 0.0184. The van der Waals surface area contributed by atoms with Gasteiger partial charge in [-0.25, -0.2) is 14.6 Å². The molecule has 0 bridgehead atoms. The molecule has 0 spiro atoms. The number of H-pyrrole nitrogens is 1. The molecule has 2 N–H and O–H groups in total. The summed E-state index contributed by atoms with van der Waals surface area (Å²) in [5, 5.41) is 9.32. The van der Waals surface area contributed by atoms with Crippen LogP contribution < -0.4 is 0 Å². The number of carboxylic acids is 1. The molecule has 3 rings (SSSR count). The van der Waals surface area contributed by atoms with Gasteiger partial charge in [0, 0.05) is 6.54 Å². The van der Waals surface area contributed by atoms with Crippen LogP contribution in [0.1, 0.15) is 49.4 Å². The Morgan fingerprint density at radius 3 is 2.80 bits per heavy atom. The Bertz CT molecular complexity index is 848. The molecule has 132 valence electrons. The summed E-state index contributed by atoms with van der Waals surface area (Å²) >= 11 is 0. The van der Waals surface area contributed by atoms with Gasteiger partial charge in [0.1, 0.15) is 23.0 Å². The number of rotatable bonds is 2. The third kappa shape index (κ3) is 3.50. The van der Waals surface area contributed by atoms with Crippen molar-refractivity contribution in [3.05, 3.63) is 41.7 Å². The van der Waals surface area contributed by atoms with Gasteiger partial charge in [-0.05, 0) is 39.3 Å². The van der Waals surface area contributed by atoms with Gasteiger partial charge in [0.15, 0.2) is 0 Å². The van der Waals surface area contributed by atoms with Crippen molar-refractivity contribution in [1.82, 2.24) is 14.9 Å². The van der Waals surface area contributed by atoms with Gasteiger partial charge in [-0.15, -0.1) is 0 Å². The Labute approximate surface area is 145 Å². The Morgan fingerprint density at radius 1 is 1.36 bits per heavy atom. The van der Waals surface area contributed by atoms with Gasteiger partial charge in [0.2, 0.25) is 0 Å². The number of aromatic carboxylic acids is 1. The first-order chi connectivity index (χ1) is 11.8. The van der Waals surface area contributed by atoms with Crippen molar-refractivity contribution in [2.75, 3.05) is 6.54 Å². The van der Waals surface area contributed by atoms with Gasteiger partial charge in [-0.1, -0.05) is 18.2 Å². The second kappa shape index (κ2) is 6.23. The van der Waals surface area contributed by atoms with E-state index in [1.807, 2.05) is 32.9 Å². The maximum Gasteiger partial charge on any atom is 0.411 e. The molecule has 1 aliphatic rings. The van der Waals surface area contributed by atoms with Crippen LogP contribution >= 0.6 is 0 Å². The molecule has 25 heavy (non-hydrogen) atoms. The number of nitrogens with one attached hydrogen (secondary N) is 1. The van der Waals surface area contributed by atoms with Crippen LogP contribution in [0.3, 0.4) is 0 Å². The normalized spacial score (nSPS) is 17.7. The smallest absolute Gasteiger partial charge is 0.411 e. The number of imidazole rings is 1. The molecule has 1 aromatic heterocycles. The molecule has 0 radical (unpaired) electrons. The van der Waals surface area contributed by atoms with E-state index in [1.165, 1.54) is 6.07 Å². The zero-order valence-electron chi connectivity index (χ0n) is 14.4. The van der Waals surface area contributed by atoms with Crippen LogP contribution in [0.5, 0.6) is 0 Å². The lowest BCUT2D eigenvalue weighted by Crippen LogP contribution is -2.40. The van der Waals surface area contributed by atoms with E-state index in [0.29, 0.717) is 23.4 Å². The van der Waals surface area contributed by atoms with Crippen molar-refractivity contribution in [3.8, 4) is 0 Å². The molecule has 1 aromatic carbocycles. The lowest BCUT2D eigenvalue weighted by atomic mass is 10.1. The number of benzene rings is 1. The minimum absolute atomic E-state index is 0.128. The lowest BCUT2D eigenvalue weighted by Gasteiger charge is -2.33. The number of carboxylic acid groups (broad SMARTS) is 1. The number of ether oxygens (including phenoxy) is 1. The van der Waals surface area contributed by atoms with Crippen molar-refractivity contribution in [2.24, 2.45) is 0 Å². The largest absolute Gasteiger partial charge is 0.478 e. The molecular formula is C18H21N3O4. The summed E-state index contributed by atoms with van der Waals surface area (Å²) in [6.45, 7) is 5.97. The molecule has 1 amide bonds. The van der Waals surface area contributed by atoms with E-state index >= 15 is 0 Å². The predicted molar refractivity (Wildman–Crippen MR) is 92.5 cm³/mol. The van der Waals surface area contributed by atoms with E-state index in [9.17, 15) is 14.7 Å². The van der Waals surface area contributed by atoms with Crippen LogP contribution in [0.15, 0.2) is 30.4 Å². The molecular weight excluding hydrogens is 322 g/mol. The summed E-state index contributed by atoms with van der Waals surface area (Å²) in [4.78, 5) is 33.1. The highest BCUT2D eigenvalue weighted by molar-refractivity contribution is 6.00. The van der Waals surface area contributed by atoms with E-state index in [0.717, 1.165) is 6.42 Å². The van der Waals surface area contributed by atoms with Crippen LogP contribution in [-0.2, 0) is 4.74 Å². The highest BCUT2D eigenvalue weighted by Gasteiger charge is 2.31. The van der Waals surface area contributed by atoms with Gasteiger partial charge in [0.25, 0.3) is 0 Å². The Hall–Kier alpha value is -2.83. The topological polar surface area (TPSA) is 95.5 Å². The fourth-order valence-electron chi connectivity index (χ4n) is 2.81. The number of nitrogens with zero attached hydrogens (tertiary/aromatic N) is 2. The fourth-order valence-corrected chi connectivity index (χ4v) is 2.81. The Balaban J connectivity index is 1.98. The Morgan fingerprint density at radius 2 is 2.12 bits per heavy atom. The highest BCUT2D eigenvalue weighted by atomic mass is 16.6. The van der Waals surface area contributed by atoms with E-state index in [1.54, 1.807) is 17.0 Å². The van der Waals surface area contributed by atoms with Crippen molar-refractivity contribution in [3.63, 3.8) is 0 Å². The van der Waals surface area contributed by atoms with Crippen molar-refractivity contribution >= 4 is 23.1 Å². The summed E-state index contributed by atoms with van der Waals surface area (Å²) in [7, 11) is 0. The highest BCUT2D eigenvalue weighted by Crippen LogP contribution is 2.28. The molecule has 0 aliphatic carbocycles. The van der Waals surface area contributed by atoms with Gasteiger partial charge in [-0.3, -0.25) is 4.90 Å². The predicted octanol–water partition coefficient (Wildman–Crippen LogP) is 3.50. The minimum atomic E-state index is -1.04. The molecule has 2 heterocycles. The van der Waals surface area contributed by atoms with Gasteiger partial charge in [-0.2, -0.15) is 0 Å². The maximum atomic E-state index is 12.5. The first-order valence-electron chi connectivity index (χ1n) is 8.14. The van der Waals surface area contributed by atoms with E-state index in [2.05, 4.69) is 9.97 Å². The second-order valence-corrected chi connectivity index (χ2v) is 6.96. The zero-order valence-corrected chi connectivity index (χ0v) is 14.4. The quantitative estimate of drug-likeness (QED) is 0.814.